The van der Waals surface area contributed by atoms with E-state index in [1.165, 1.54) is 6.07 Å². The molecule has 1 aromatic carbocycles. The molecule has 0 saturated heterocycles. The van der Waals surface area contributed by atoms with Crippen molar-refractivity contribution in [3.05, 3.63) is 29.2 Å². The van der Waals surface area contributed by atoms with Gasteiger partial charge in [0.25, 0.3) is 0 Å². The Morgan fingerprint density at radius 3 is 2.86 bits per heavy atom. The second kappa shape index (κ2) is 3.36. The molecule has 1 aromatic heterocycles. The van der Waals surface area contributed by atoms with Gasteiger partial charge in [-0.15, -0.1) is 10.2 Å². The topological polar surface area (TPSA) is 63.8 Å². The Bertz CT molecular complexity index is 480. The number of nitrogen functional groups attached to an aromatic ring is 1. The Hall–Kier alpha value is -1.46. The third-order valence-electron chi connectivity index (χ3n) is 1.85. The van der Waals surface area contributed by atoms with Gasteiger partial charge in [-0.3, -0.25) is 0 Å². The van der Waals surface area contributed by atoms with Crippen LogP contribution in [0.25, 0.3) is 10.8 Å². The van der Waals surface area contributed by atoms with Gasteiger partial charge in [0.05, 0.1) is 5.39 Å². The second-order valence-electron chi connectivity index (χ2n) is 2.65. The molecule has 0 atom stereocenters. The van der Waals surface area contributed by atoms with Gasteiger partial charge in [-0.25, -0.2) is 10.2 Å². The van der Waals surface area contributed by atoms with Gasteiger partial charge in [0.1, 0.15) is 5.82 Å². The van der Waals surface area contributed by atoms with Crippen LogP contribution in [0.15, 0.2) is 18.2 Å². The molecule has 2 rings (SSSR count). The van der Waals surface area contributed by atoms with E-state index in [1.54, 1.807) is 12.1 Å². The highest BCUT2D eigenvalue weighted by Gasteiger charge is 2.10. The molecule has 0 aliphatic rings. The number of halogens is 2. The molecule has 0 aliphatic heterocycles. The van der Waals surface area contributed by atoms with Crippen LogP contribution in [0.5, 0.6) is 0 Å². The molecule has 0 saturated carbocycles. The maximum Gasteiger partial charge on any atom is 0.170 e. The first-order valence-corrected chi connectivity index (χ1v) is 4.19. The van der Waals surface area contributed by atoms with E-state index < -0.39 is 5.82 Å². The molecule has 0 fully saturated rings. The highest BCUT2D eigenvalue weighted by atomic mass is 35.5. The van der Waals surface area contributed by atoms with Crippen LogP contribution < -0.4 is 11.3 Å². The minimum Gasteiger partial charge on any atom is -0.306 e. The van der Waals surface area contributed by atoms with Gasteiger partial charge in [0.15, 0.2) is 11.0 Å². The number of hydrogen-bond donors (Lipinski definition) is 2. The molecular weight excluding hydrogens is 207 g/mol. The van der Waals surface area contributed by atoms with Gasteiger partial charge in [0, 0.05) is 5.39 Å². The van der Waals surface area contributed by atoms with Gasteiger partial charge in [-0.1, -0.05) is 23.7 Å². The van der Waals surface area contributed by atoms with E-state index in [-0.39, 0.29) is 10.5 Å². The Morgan fingerprint density at radius 1 is 1.36 bits per heavy atom. The van der Waals surface area contributed by atoms with Crippen molar-refractivity contribution in [1.29, 1.82) is 0 Å². The molecule has 14 heavy (non-hydrogen) atoms. The van der Waals surface area contributed by atoms with Gasteiger partial charge in [-0.05, 0) is 6.07 Å². The van der Waals surface area contributed by atoms with Crippen molar-refractivity contribution in [2.75, 3.05) is 5.43 Å². The minimum absolute atomic E-state index is 0.0251. The van der Waals surface area contributed by atoms with Crippen LogP contribution >= 0.6 is 11.6 Å². The zero-order valence-electron chi connectivity index (χ0n) is 6.96. The lowest BCUT2D eigenvalue weighted by molar-refractivity contribution is 0.639. The van der Waals surface area contributed by atoms with Crippen molar-refractivity contribution in [2.45, 2.75) is 0 Å². The molecule has 2 aromatic rings. The number of hydrazine groups is 1. The minimum atomic E-state index is -0.445. The SMILES string of the molecule is NNc1nnc(Cl)c2c(F)cccc12. The van der Waals surface area contributed by atoms with E-state index in [4.69, 9.17) is 17.4 Å². The van der Waals surface area contributed by atoms with Crippen LogP contribution in [0.4, 0.5) is 10.2 Å². The summed E-state index contributed by atoms with van der Waals surface area (Å²) in [4.78, 5) is 0. The molecule has 1 heterocycles. The standard InChI is InChI=1S/C8H6ClFN4/c9-7-6-4(2-1-3-5(6)10)8(12-11)14-13-7/h1-3H,11H2,(H,12,14). The van der Waals surface area contributed by atoms with Crippen LogP contribution in [-0.4, -0.2) is 10.2 Å². The summed E-state index contributed by atoms with van der Waals surface area (Å²) in [7, 11) is 0. The first-order chi connectivity index (χ1) is 6.74. The first-order valence-electron chi connectivity index (χ1n) is 3.81. The highest BCUT2D eigenvalue weighted by molar-refractivity contribution is 6.34. The van der Waals surface area contributed by atoms with Crippen molar-refractivity contribution in [3.8, 4) is 0 Å². The van der Waals surface area contributed by atoms with Crippen LogP contribution in [-0.2, 0) is 0 Å². The Kier molecular flexibility index (Phi) is 2.18. The third kappa shape index (κ3) is 1.26. The normalized spacial score (nSPS) is 10.5. The van der Waals surface area contributed by atoms with Crippen LogP contribution in [0.1, 0.15) is 0 Å². The number of fused-ring (bicyclic) bond motifs is 1. The number of hydrogen-bond acceptors (Lipinski definition) is 4. The smallest absolute Gasteiger partial charge is 0.170 e. The summed E-state index contributed by atoms with van der Waals surface area (Å²) < 4.78 is 13.3. The third-order valence-corrected chi connectivity index (χ3v) is 2.11. The largest absolute Gasteiger partial charge is 0.306 e. The Balaban J connectivity index is 2.91. The summed E-state index contributed by atoms with van der Waals surface area (Å²) in [6.45, 7) is 0. The first kappa shape index (κ1) is 9.11. The van der Waals surface area contributed by atoms with E-state index in [0.717, 1.165) is 0 Å². The zero-order chi connectivity index (χ0) is 10.1. The lowest BCUT2D eigenvalue weighted by Crippen LogP contribution is -2.10. The molecule has 3 N–H and O–H groups in total. The van der Waals surface area contributed by atoms with Crippen LogP contribution in [0, 0.1) is 5.82 Å². The van der Waals surface area contributed by atoms with Gasteiger partial charge in [-0.2, -0.15) is 0 Å². The predicted molar refractivity (Wildman–Crippen MR) is 52.3 cm³/mol. The van der Waals surface area contributed by atoms with E-state index in [0.29, 0.717) is 11.2 Å². The number of anilines is 1. The average Bonchev–Trinajstić information content (AvgIpc) is 2.18. The number of nitrogens with one attached hydrogen (secondary N) is 1. The number of nitrogens with two attached hydrogens (primary N) is 1. The van der Waals surface area contributed by atoms with Crippen molar-refractivity contribution in [3.63, 3.8) is 0 Å². The van der Waals surface area contributed by atoms with E-state index >= 15 is 0 Å². The summed E-state index contributed by atoms with van der Waals surface area (Å²) in [5.74, 6) is 5.05. The summed E-state index contributed by atoms with van der Waals surface area (Å²) in [5.41, 5.74) is 2.33. The molecule has 0 aliphatic carbocycles. The van der Waals surface area contributed by atoms with Crippen molar-refractivity contribution >= 4 is 28.2 Å². The quantitative estimate of drug-likeness (QED) is 0.558. The number of rotatable bonds is 1. The summed E-state index contributed by atoms with van der Waals surface area (Å²) in [6.07, 6.45) is 0. The fourth-order valence-electron chi connectivity index (χ4n) is 1.24. The Morgan fingerprint density at radius 2 is 2.14 bits per heavy atom. The maximum absolute atomic E-state index is 13.3. The fourth-order valence-corrected chi connectivity index (χ4v) is 1.47. The maximum atomic E-state index is 13.3. The van der Waals surface area contributed by atoms with E-state index in [1.807, 2.05) is 0 Å². The lowest BCUT2D eigenvalue weighted by Gasteiger charge is -2.04. The molecular formula is C8H6ClFN4. The molecule has 0 bridgehead atoms. The molecule has 0 spiro atoms. The lowest BCUT2D eigenvalue weighted by atomic mass is 10.2. The van der Waals surface area contributed by atoms with Crippen molar-refractivity contribution in [1.82, 2.24) is 10.2 Å². The second-order valence-corrected chi connectivity index (χ2v) is 3.00. The van der Waals surface area contributed by atoms with Gasteiger partial charge >= 0.3 is 0 Å². The van der Waals surface area contributed by atoms with Crippen molar-refractivity contribution < 1.29 is 4.39 Å². The molecule has 72 valence electrons. The fraction of sp³-hybridized carbons (Fsp3) is 0. The van der Waals surface area contributed by atoms with Gasteiger partial charge in [0.2, 0.25) is 0 Å². The highest BCUT2D eigenvalue weighted by Crippen LogP contribution is 2.27. The molecule has 0 amide bonds. The molecule has 0 radical (unpaired) electrons. The van der Waals surface area contributed by atoms with Gasteiger partial charge < -0.3 is 5.43 Å². The Labute approximate surface area is 83.8 Å². The van der Waals surface area contributed by atoms with Crippen LogP contribution in [0.3, 0.4) is 0 Å². The van der Waals surface area contributed by atoms with Crippen molar-refractivity contribution in [2.24, 2.45) is 5.84 Å². The number of benzene rings is 1. The molecule has 6 heteroatoms. The summed E-state index contributed by atoms with van der Waals surface area (Å²) >= 11 is 5.71. The zero-order valence-corrected chi connectivity index (χ0v) is 7.72. The number of aromatic nitrogens is 2. The summed E-state index contributed by atoms with van der Waals surface area (Å²) in [6, 6.07) is 4.51. The molecule has 0 unspecified atom stereocenters. The van der Waals surface area contributed by atoms with E-state index in [2.05, 4.69) is 15.6 Å². The number of nitrogens with zero attached hydrogens (tertiary/aromatic N) is 2. The average molecular weight is 213 g/mol. The van der Waals surface area contributed by atoms with E-state index in [9.17, 15) is 4.39 Å². The monoisotopic (exact) mass is 212 g/mol. The van der Waals surface area contributed by atoms with Crippen LogP contribution in [0.2, 0.25) is 5.15 Å². The molecule has 4 nitrogen and oxygen atoms in total. The predicted octanol–water partition coefficient (Wildman–Crippen LogP) is 1.71. The summed E-state index contributed by atoms with van der Waals surface area (Å²) in [5, 5.41) is 8.00.